The zero-order valence-corrected chi connectivity index (χ0v) is 14.2. The topological polar surface area (TPSA) is 0 Å². The Morgan fingerprint density at radius 3 is 2.13 bits per heavy atom. The van der Waals surface area contributed by atoms with Gasteiger partial charge in [0.1, 0.15) is 0 Å². The van der Waals surface area contributed by atoms with Crippen molar-refractivity contribution in [1.29, 1.82) is 0 Å². The fourth-order valence-corrected chi connectivity index (χ4v) is 3.68. The number of allylic oxidation sites excluding steroid dienone is 2. The predicted molar refractivity (Wildman–Crippen MR) is 101 cm³/mol. The number of hydrogen-bond acceptors (Lipinski definition) is 0. The summed E-state index contributed by atoms with van der Waals surface area (Å²) in [6, 6.07) is 19.9. The van der Waals surface area contributed by atoms with E-state index in [1.165, 1.54) is 55.2 Å². The summed E-state index contributed by atoms with van der Waals surface area (Å²) in [5.41, 5.74) is 4.16. The van der Waals surface area contributed by atoms with Crippen LogP contribution in [0.5, 0.6) is 0 Å². The Balaban J connectivity index is 1.59. The second-order valence-electron chi connectivity index (χ2n) is 6.82. The lowest BCUT2D eigenvalue weighted by Gasteiger charge is -2.27. The molecule has 2 aromatic carbocycles. The fourth-order valence-electron chi connectivity index (χ4n) is 3.68. The molecule has 120 valence electrons. The van der Waals surface area contributed by atoms with Crippen molar-refractivity contribution in [3.63, 3.8) is 0 Å². The summed E-state index contributed by atoms with van der Waals surface area (Å²) in [4.78, 5) is 0. The highest BCUT2D eigenvalue weighted by molar-refractivity contribution is 5.63. The highest BCUT2D eigenvalue weighted by atomic mass is 14.3. The van der Waals surface area contributed by atoms with Gasteiger partial charge in [-0.1, -0.05) is 80.1 Å². The van der Waals surface area contributed by atoms with E-state index < -0.39 is 0 Å². The first-order chi connectivity index (χ1) is 11.4. The van der Waals surface area contributed by atoms with Gasteiger partial charge in [0.15, 0.2) is 0 Å². The molecule has 0 saturated heterocycles. The zero-order valence-electron chi connectivity index (χ0n) is 14.2. The lowest BCUT2D eigenvalue weighted by molar-refractivity contribution is 0.375. The van der Waals surface area contributed by atoms with Gasteiger partial charge in [-0.15, -0.1) is 0 Å². The van der Waals surface area contributed by atoms with E-state index in [1.807, 2.05) is 0 Å². The molecule has 0 radical (unpaired) electrons. The number of unbranched alkanes of at least 4 members (excludes halogenated alkanes) is 1. The largest absolute Gasteiger partial charge is 0.0883 e. The first-order valence-electron chi connectivity index (χ1n) is 9.19. The molecule has 0 nitrogen and oxygen atoms in total. The van der Waals surface area contributed by atoms with Crippen LogP contribution in [0.3, 0.4) is 0 Å². The van der Waals surface area contributed by atoms with Gasteiger partial charge in [-0.05, 0) is 60.6 Å². The first-order valence-corrected chi connectivity index (χ1v) is 9.19. The van der Waals surface area contributed by atoms with Crippen LogP contribution in [-0.4, -0.2) is 0 Å². The normalized spacial score (nSPS) is 21.6. The molecular formula is C23H28. The molecule has 0 heteroatoms. The Hall–Kier alpha value is -1.82. The quantitative estimate of drug-likeness (QED) is 0.522. The molecule has 0 N–H and O–H groups in total. The van der Waals surface area contributed by atoms with Gasteiger partial charge >= 0.3 is 0 Å². The van der Waals surface area contributed by atoms with Crippen LogP contribution in [0.4, 0.5) is 0 Å². The van der Waals surface area contributed by atoms with E-state index >= 15 is 0 Å². The molecule has 2 aromatic rings. The molecule has 3 rings (SSSR count). The Kier molecular flexibility index (Phi) is 5.69. The van der Waals surface area contributed by atoms with Crippen molar-refractivity contribution in [1.82, 2.24) is 0 Å². The van der Waals surface area contributed by atoms with E-state index in [-0.39, 0.29) is 0 Å². The van der Waals surface area contributed by atoms with Crippen LogP contribution in [0.2, 0.25) is 0 Å². The SMILES string of the molecule is CCC/C=C/[C@H]1CC[C@H](c2ccc(-c3ccccc3)cc2)CC1. The lowest BCUT2D eigenvalue weighted by atomic mass is 9.78. The molecule has 1 saturated carbocycles. The summed E-state index contributed by atoms with van der Waals surface area (Å²) in [5.74, 6) is 1.58. The van der Waals surface area contributed by atoms with Crippen LogP contribution in [0.1, 0.15) is 56.9 Å². The highest BCUT2D eigenvalue weighted by Crippen LogP contribution is 2.37. The molecule has 0 aliphatic heterocycles. The van der Waals surface area contributed by atoms with Gasteiger partial charge in [0.25, 0.3) is 0 Å². The molecule has 23 heavy (non-hydrogen) atoms. The molecule has 0 heterocycles. The van der Waals surface area contributed by atoms with Gasteiger partial charge in [0, 0.05) is 0 Å². The molecule has 1 fully saturated rings. The monoisotopic (exact) mass is 304 g/mol. The Morgan fingerprint density at radius 2 is 1.48 bits per heavy atom. The van der Waals surface area contributed by atoms with Gasteiger partial charge in [-0.3, -0.25) is 0 Å². The van der Waals surface area contributed by atoms with Gasteiger partial charge in [0.2, 0.25) is 0 Å². The molecule has 0 amide bonds. The van der Waals surface area contributed by atoms with E-state index in [2.05, 4.69) is 73.7 Å². The Morgan fingerprint density at radius 1 is 0.826 bits per heavy atom. The van der Waals surface area contributed by atoms with Crippen LogP contribution in [0, 0.1) is 5.92 Å². The molecule has 1 aliphatic rings. The maximum absolute atomic E-state index is 2.47. The minimum Gasteiger partial charge on any atom is -0.0883 e. The van der Waals surface area contributed by atoms with E-state index in [0.717, 1.165) is 11.8 Å². The van der Waals surface area contributed by atoms with Gasteiger partial charge in [-0.25, -0.2) is 0 Å². The number of benzene rings is 2. The smallest absolute Gasteiger partial charge is 0.0162 e. The predicted octanol–water partition coefficient (Wildman–Crippen LogP) is 6.98. The third kappa shape index (κ3) is 4.34. The first kappa shape index (κ1) is 16.1. The average Bonchev–Trinajstić information content (AvgIpc) is 2.63. The van der Waals surface area contributed by atoms with Crippen molar-refractivity contribution in [2.45, 2.75) is 51.4 Å². The summed E-state index contributed by atoms with van der Waals surface area (Å²) >= 11 is 0. The maximum atomic E-state index is 2.47. The van der Waals surface area contributed by atoms with E-state index in [1.54, 1.807) is 0 Å². The Labute approximate surface area is 141 Å². The standard InChI is InChI=1S/C23H28/c1-2-3-5-8-19-11-13-21(14-12-19)23-17-15-22(16-18-23)20-9-6-4-7-10-20/h4-10,15-19,21H,2-3,11-14H2,1H3/b8-5+/t19-,21-. The molecule has 0 spiro atoms. The van der Waals surface area contributed by atoms with E-state index in [4.69, 9.17) is 0 Å². The lowest BCUT2D eigenvalue weighted by Crippen LogP contribution is -2.11. The second-order valence-corrected chi connectivity index (χ2v) is 6.82. The molecule has 0 atom stereocenters. The van der Waals surface area contributed by atoms with Gasteiger partial charge in [0.05, 0.1) is 0 Å². The maximum Gasteiger partial charge on any atom is -0.0162 e. The van der Waals surface area contributed by atoms with Crippen LogP contribution < -0.4 is 0 Å². The summed E-state index contributed by atoms with van der Waals surface area (Å²) in [5, 5.41) is 0. The van der Waals surface area contributed by atoms with Crippen molar-refractivity contribution in [3.05, 3.63) is 72.3 Å². The third-order valence-corrected chi connectivity index (χ3v) is 5.12. The Bertz CT molecular complexity index is 598. The van der Waals surface area contributed by atoms with Crippen molar-refractivity contribution in [2.24, 2.45) is 5.92 Å². The average molecular weight is 304 g/mol. The van der Waals surface area contributed by atoms with Crippen LogP contribution in [0.15, 0.2) is 66.7 Å². The molecular weight excluding hydrogens is 276 g/mol. The summed E-state index contributed by atoms with van der Waals surface area (Å²) in [7, 11) is 0. The van der Waals surface area contributed by atoms with Crippen LogP contribution >= 0.6 is 0 Å². The second kappa shape index (κ2) is 8.15. The minimum absolute atomic E-state index is 0.760. The third-order valence-electron chi connectivity index (χ3n) is 5.12. The van der Waals surface area contributed by atoms with Crippen molar-refractivity contribution in [3.8, 4) is 11.1 Å². The minimum atomic E-state index is 0.760. The molecule has 0 unspecified atom stereocenters. The number of hydrogen-bond donors (Lipinski definition) is 0. The molecule has 0 aromatic heterocycles. The fraction of sp³-hybridized carbons (Fsp3) is 0.391. The van der Waals surface area contributed by atoms with Crippen molar-refractivity contribution >= 4 is 0 Å². The molecule has 0 bridgehead atoms. The van der Waals surface area contributed by atoms with Crippen molar-refractivity contribution < 1.29 is 0 Å². The van der Waals surface area contributed by atoms with E-state index in [0.29, 0.717) is 0 Å². The number of rotatable bonds is 5. The zero-order chi connectivity index (χ0) is 15.9. The molecule has 1 aliphatic carbocycles. The van der Waals surface area contributed by atoms with Crippen LogP contribution in [0.25, 0.3) is 11.1 Å². The van der Waals surface area contributed by atoms with E-state index in [9.17, 15) is 0 Å². The summed E-state index contributed by atoms with van der Waals surface area (Å²) in [6.07, 6.45) is 12.7. The summed E-state index contributed by atoms with van der Waals surface area (Å²) < 4.78 is 0. The van der Waals surface area contributed by atoms with Crippen LogP contribution in [-0.2, 0) is 0 Å². The summed E-state index contributed by atoms with van der Waals surface area (Å²) in [6.45, 7) is 2.25. The van der Waals surface area contributed by atoms with Gasteiger partial charge < -0.3 is 0 Å². The van der Waals surface area contributed by atoms with Crippen molar-refractivity contribution in [2.75, 3.05) is 0 Å². The van der Waals surface area contributed by atoms with Gasteiger partial charge in [-0.2, -0.15) is 0 Å². The highest BCUT2D eigenvalue weighted by Gasteiger charge is 2.20.